The number of rotatable bonds is 8. The quantitative estimate of drug-likeness (QED) is 0.280. The fourth-order valence-electron chi connectivity index (χ4n) is 3.87. The van der Waals surface area contributed by atoms with Crippen molar-refractivity contribution in [1.29, 1.82) is 0 Å². The normalized spacial score (nSPS) is 11.4. The molecule has 3 aromatic carbocycles. The Morgan fingerprint density at radius 2 is 1.64 bits per heavy atom. The van der Waals surface area contributed by atoms with Crippen LogP contribution in [0.4, 0.5) is 10.5 Å². The predicted molar refractivity (Wildman–Crippen MR) is 145 cm³/mol. The van der Waals surface area contributed by atoms with Crippen LogP contribution in [0.15, 0.2) is 95.0 Å². The molecule has 0 radical (unpaired) electrons. The average Bonchev–Trinajstić information content (AvgIpc) is 3.28. The van der Waals surface area contributed by atoms with Crippen molar-refractivity contribution in [3.8, 4) is 11.1 Å². The first-order chi connectivity index (χ1) is 17.3. The van der Waals surface area contributed by atoms with Crippen LogP contribution in [0.3, 0.4) is 0 Å². The van der Waals surface area contributed by atoms with E-state index in [1.165, 1.54) is 6.07 Å². The van der Waals surface area contributed by atoms with Gasteiger partial charge in [-0.25, -0.2) is 22.9 Å². The van der Waals surface area contributed by atoms with E-state index in [0.29, 0.717) is 23.7 Å². The van der Waals surface area contributed by atoms with E-state index >= 15 is 0 Å². The first-order valence-corrected chi connectivity index (χ1v) is 14.2. The third-order valence-electron chi connectivity index (χ3n) is 5.56. The fourth-order valence-corrected chi connectivity index (χ4v) is 5.43. The molecule has 1 heterocycles. The molecule has 0 bridgehead atoms. The molecule has 0 aliphatic heterocycles. The van der Waals surface area contributed by atoms with Crippen LogP contribution in [0, 0.1) is 0 Å². The molecule has 9 heteroatoms. The average molecular weight is 521 g/mol. The van der Waals surface area contributed by atoms with Crippen molar-refractivity contribution in [3.63, 3.8) is 0 Å². The molecule has 2 amide bonds. The lowest BCUT2D eigenvalue weighted by Gasteiger charge is -2.13. The number of urea groups is 1. The maximum absolute atomic E-state index is 13.1. The van der Waals surface area contributed by atoms with Crippen LogP contribution in [-0.2, 0) is 16.6 Å². The van der Waals surface area contributed by atoms with Gasteiger partial charge < -0.3 is 9.88 Å². The highest BCUT2D eigenvalue weighted by molar-refractivity contribution is 7.98. The van der Waals surface area contributed by atoms with Crippen molar-refractivity contribution in [2.45, 2.75) is 36.2 Å². The maximum Gasteiger partial charge on any atom is 0.333 e. The number of hydrogen-bond donors (Lipinski definition) is 2. The van der Waals surface area contributed by atoms with E-state index in [4.69, 9.17) is 4.98 Å². The van der Waals surface area contributed by atoms with E-state index in [1.54, 1.807) is 54.2 Å². The monoisotopic (exact) mass is 520 g/mol. The summed E-state index contributed by atoms with van der Waals surface area (Å²) in [5, 5.41) is 3.52. The van der Waals surface area contributed by atoms with E-state index < -0.39 is 16.1 Å². The number of aromatic nitrogens is 2. The maximum atomic E-state index is 13.1. The number of sulfonamides is 1. The minimum Gasteiger partial charge on any atom is -0.329 e. The summed E-state index contributed by atoms with van der Waals surface area (Å²) in [4.78, 5) is 17.1. The van der Waals surface area contributed by atoms with Gasteiger partial charge in [-0.15, -0.1) is 11.8 Å². The second kappa shape index (κ2) is 11.0. The number of imidazole rings is 1. The van der Waals surface area contributed by atoms with Gasteiger partial charge in [0.15, 0.2) is 0 Å². The Morgan fingerprint density at radius 3 is 2.31 bits per heavy atom. The Balaban J connectivity index is 1.55. The zero-order valence-corrected chi connectivity index (χ0v) is 21.9. The number of carbonyl (C=O) groups is 1. The molecule has 0 saturated heterocycles. The topological polar surface area (TPSA) is 93.1 Å². The molecule has 0 aliphatic rings. The van der Waals surface area contributed by atoms with Gasteiger partial charge in [-0.2, -0.15) is 0 Å². The zero-order chi connectivity index (χ0) is 25.7. The first kappa shape index (κ1) is 25.5. The Labute approximate surface area is 216 Å². The fraction of sp³-hybridized carbons (Fsp3) is 0.185. The lowest BCUT2D eigenvalue weighted by Crippen LogP contribution is -2.34. The summed E-state index contributed by atoms with van der Waals surface area (Å²) < 4.78 is 30.4. The largest absolute Gasteiger partial charge is 0.333 e. The predicted octanol–water partition coefficient (Wildman–Crippen LogP) is 5.95. The van der Waals surface area contributed by atoms with Crippen molar-refractivity contribution < 1.29 is 13.2 Å². The molecule has 36 heavy (non-hydrogen) atoms. The Bertz CT molecular complexity index is 1450. The molecule has 4 rings (SSSR count). The lowest BCUT2D eigenvalue weighted by atomic mass is 10.0. The summed E-state index contributed by atoms with van der Waals surface area (Å²) in [6.45, 7) is 4.91. The summed E-state index contributed by atoms with van der Waals surface area (Å²) >= 11 is 1.62. The van der Waals surface area contributed by atoms with Gasteiger partial charge in [-0.05, 0) is 35.6 Å². The van der Waals surface area contributed by atoms with Crippen LogP contribution in [0.5, 0.6) is 0 Å². The van der Waals surface area contributed by atoms with Gasteiger partial charge in [0.1, 0.15) is 10.9 Å². The van der Waals surface area contributed by atoms with Crippen molar-refractivity contribution >= 4 is 33.5 Å². The van der Waals surface area contributed by atoms with E-state index in [9.17, 15) is 13.2 Å². The first-order valence-electron chi connectivity index (χ1n) is 11.4. The number of carbonyl (C=O) groups excluding carboxylic acids is 1. The molecule has 2 N–H and O–H groups in total. The molecule has 1 aromatic heterocycles. The summed E-state index contributed by atoms with van der Waals surface area (Å²) in [5.41, 5.74) is 2.82. The van der Waals surface area contributed by atoms with E-state index in [1.807, 2.05) is 36.6 Å². The Hall–Kier alpha value is -3.56. The number of nitrogens with zero attached hydrogens (tertiary/aromatic N) is 2. The second-order valence-electron chi connectivity index (χ2n) is 8.54. The summed E-state index contributed by atoms with van der Waals surface area (Å²) in [5.74, 6) is 1.33. The van der Waals surface area contributed by atoms with Gasteiger partial charge in [-0.3, -0.25) is 0 Å². The number of nitrogens with one attached hydrogen (secondary N) is 2. The Morgan fingerprint density at radius 1 is 0.972 bits per heavy atom. The summed E-state index contributed by atoms with van der Waals surface area (Å²) in [7, 11) is -4.11. The highest BCUT2D eigenvalue weighted by atomic mass is 32.2. The van der Waals surface area contributed by atoms with E-state index in [0.717, 1.165) is 22.0 Å². The van der Waals surface area contributed by atoms with Gasteiger partial charge in [0.25, 0.3) is 10.0 Å². The number of para-hydroxylation sites is 1. The second-order valence-corrected chi connectivity index (χ2v) is 11.0. The minimum absolute atomic E-state index is 0.0299. The van der Waals surface area contributed by atoms with Crippen molar-refractivity contribution in [1.82, 2.24) is 14.3 Å². The molecule has 0 atom stereocenters. The highest BCUT2D eigenvalue weighted by Crippen LogP contribution is 2.28. The van der Waals surface area contributed by atoms with Crippen molar-refractivity contribution in [2.24, 2.45) is 0 Å². The summed E-state index contributed by atoms with van der Waals surface area (Å²) in [6.07, 6.45) is 4.07. The van der Waals surface area contributed by atoms with Crippen LogP contribution >= 0.6 is 11.8 Å². The van der Waals surface area contributed by atoms with Gasteiger partial charge in [0.2, 0.25) is 0 Å². The minimum atomic E-state index is -4.11. The Kier molecular flexibility index (Phi) is 7.81. The molecular formula is C27H28N4O3S2. The number of thioether (sulfide) groups is 1. The molecular weight excluding hydrogens is 492 g/mol. The molecule has 0 aliphatic carbocycles. The van der Waals surface area contributed by atoms with Crippen LogP contribution in [0.1, 0.15) is 31.2 Å². The smallest absolute Gasteiger partial charge is 0.329 e. The van der Waals surface area contributed by atoms with Crippen molar-refractivity contribution in [2.75, 3.05) is 11.6 Å². The SMILES string of the molecule is CSc1cn(Cc2ccc(-c3ccccc3S(=O)(=O)NC(=O)Nc3ccccc3)cc2)c(C(C)C)n1. The molecule has 7 nitrogen and oxygen atoms in total. The molecule has 186 valence electrons. The standard InChI is InChI=1S/C27H28N4O3S2/c1-19(2)26-29-25(35-3)18-31(26)17-20-13-15-21(16-14-20)23-11-7-8-12-24(23)36(33,34)30-27(32)28-22-9-5-4-6-10-22/h4-16,18-19H,17H2,1-3H3,(H2,28,30,32). The zero-order valence-electron chi connectivity index (χ0n) is 20.3. The lowest BCUT2D eigenvalue weighted by molar-refractivity contribution is 0.256. The third-order valence-corrected chi connectivity index (χ3v) is 7.57. The van der Waals surface area contributed by atoms with Crippen molar-refractivity contribution in [3.05, 3.63) is 96.4 Å². The number of anilines is 1. The van der Waals surface area contributed by atoms with Crippen LogP contribution < -0.4 is 10.0 Å². The highest BCUT2D eigenvalue weighted by Gasteiger charge is 2.22. The number of amides is 2. The number of benzene rings is 3. The van der Waals surface area contributed by atoms with Gasteiger partial charge in [-0.1, -0.05) is 74.5 Å². The molecule has 0 unspecified atom stereocenters. The van der Waals surface area contributed by atoms with Crippen LogP contribution in [-0.4, -0.2) is 30.3 Å². The van der Waals surface area contributed by atoms with Gasteiger partial charge in [0, 0.05) is 29.9 Å². The molecule has 0 spiro atoms. The van der Waals surface area contributed by atoms with E-state index in [-0.39, 0.29) is 4.90 Å². The number of hydrogen-bond acceptors (Lipinski definition) is 5. The summed E-state index contributed by atoms with van der Waals surface area (Å²) in [6, 6.07) is 22.2. The third kappa shape index (κ3) is 5.98. The molecule has 0 fully saturated rings. The van der Waals surface area contributed by atoms with Gasteiger partial charge >= 0.3 is 6.03 Å². The molecule has 0 saturated carbocycles. The van der Waals surface area contributed by atoms with Gasteiger partial charge in [0.05, 0.1) is 4.90 Å². The van der Waals surface area contributed by atoms with Crippen LogP contribution in [0.2, 0.25) is 0 Å². The molecule has 4 aromatic rings. The van der Waals surface area contributed by atoms with Crippen LogP contribution in [0.25, 0.3) is 11.1 Å². The van der Waals surface area contributed by atoms with E-state index in [2.05, 4.69) is 34.7 Å².